The maximum absolute atomic E-state index is 12.4. The third-order valence-electron chi connectivity index (χ3n) is 3.95. The highest BCUT2D eigenvalue weighted by atomic mass is 16.5. The molecule has 1 aliphatic heterocycles. The lowest BCUT2D eigenvalue weighted by Crippen LogP contribution is -2.21. The number of anilines is 1. The number of benzene rings is 2. The second-order valence-electron chi connectivity index (χ2n) is 5.56. The van der Waals surface area contributed by atoms with Crippen LogP contribution in [0.3, 0.4) is 0 Å². The summed E-state index contributed by atoms with van der Waals surface area (Å²) < 4.78 is 6.00. The van der Waals surface area contributed by atoms with Crippen LogP contribution < -0.4 is 10.5 Å². The van der Waals surface area contributed by atoms with Crippen LogP contribution in [0.15, 0.2) is 36.4 Å². The molecular formula is C18H19NO2. The highest BCUT2D eigenvalue weighted by Crippen LogP contribution is 2.39. The summed E-state index contributed by atoms with van der Waals surface area (Å²) in [5.74, 6) is 0.623. The van der Waals surface area contributed by atoms with E-state index in [1.165, 1.54) is 5.56 Å². The van der Waals surface area contributed by atoms with E-state index in [4.69, 9.17) is 10.5 Å². The van der Waals surface area contributed by atoms with E-state index >= 15 is 0 Å². The Morgan fingerprint density at radius 3 is 2.62 bits per heavy atom. The van der Waals surface area contributed by atoms with E-state index in [0.717, 1.165) is 17.5 Å². The number of nitrogen functional groups attached to an aromatic ring is 1. The van der Waals surface area contributed by atoms with Crippen LogP contribution in [-0.4, -0.2) is 5.78 Å². The molecule has 2 N–H and O–H groups in total. The second-order valence-corrected chi connectivity index (χ2v) is 5.56. The predicted molar refractivity (Wildman–Crippen MR) is 83.7 cm³/mol. The summed E-state index contributed by atoms with van der Waals surface area (Å²) in [4.78, 5) is 12.4. The van der Waals surface area contributed by atoms with Gasteiger partial charge in [-0.05, 0) is 42.2 Å². The summed E-state index contributed by atoms with van der Waals surface area (Å²) in [5.41, 5.74) is 10.4. The first-order valence-electron chi connectivity index (χ1n) is 7.27. The molecule has 1 atom stereocenters. The smallest absolute Gasteiger partial charge is 0.170 e. The van der Waals surface area contributed by atoms with E-state index in [1.54, 1.807) is 0 Å². The average Bonchev–Trinajstić information content (AvgIpc) is 2.48. The van der Waals surface area contributed by atoms with Crippen molar-refractivity contribution in [3.63, 3.8) is 0 Å². The first-order chi connectivity index (χ1) is 10.1. The van der Waals surface area contributed by atoms with E-state index in [2.05, 4.69) is 19.1 Å². The van der Waals surface area contributed by atoms with E-state index in [1.807, 2.05) is 31.2 Å². The summed E-state index contributed by atoms with van der Waals surface area (Å²) in [6, 6.07) is 11.9. The molecule has 0 fully saturated rings. The van der Waals surface area contributed by atoms with Gasteiger partial charge in [0.2, 0.25) is 0 Å². The summed E-state index contributed by atoms with van der Waals surface area (Å²) in [6.45, 7) is 4.05. The van der Waals surface area contributed by atoms with Crippen molar-refractivity contribution in [1.29, 1.82) is 0 Å². The maximum Gasteiger partial charge on any atom is 0.170 e. The van der Waals surface area contributed by atoms with Crippen molar-refractivity contribution < 1.29 is 9.53 Å². The van der Waals surface area contributed by atoms with Crippen LogP contribution in [0.4, 0.5) is 5.69 Å². The number of carbonyl (C=O) groups is 1. The van der Waals surface area contributed by atoms with E-state index in [9.17, 15) is 4.79 Å². The lowest BCUT2D eigenvalue weighted by Gasteiger charge is -2.27. The van der Waals surface area contributed by atoms with Gasteiger partial charge < -0.3 is 10.5 Å². The number of hydrogen-bond donors (Lipinski definition) is 1. The molecule has 1 heterocycles. The molecule has 1 unspecified atom stereocenters. The second kappa shape index (κ2) is 5.24. The zero-order chi connectivity index (χ0) is 15.0. The quantitative estimate of drug-likeness (QED) is 0.851. The zero-order valence-corrected chi connectivity index (χ0v) is 12.3. The van der Waals surface area contributed by atoms with Crippen LogP contribution in [0.2, 0.25) is 0 Å². The number of nitrogens with two attached hydrogens (primary N) is 1. The van der Waals surface area contributed by atoms with Gasteiger partial charge in [-0.15, -0.1) is 0 Å². The molecule has 0 radical (unpaired) electrons. The van der Waals surface area contributed by atoms with Gasteiger partial charge in [-0.3, -0.25) is 4.79 Å². The summed E-state index contributed by atoms with van der Waals surface area (Å²) in [5, 5.41) is 0. The number of ketones is 1. The molecule has 3 heteroatoms. The standard InChI is InChI=1S/C18H19NO2/c1-3-12-4-6-13(7-5-12)17-10-16(20)14-8-11(2)9-15(19)18(14)21-17/h4-9,17H,3,10,19H2,1-2H3. The van der Waals surface area contributed by atoms with Gasteiger partial charge in [0.05, 0.1) is 17.7 Å². The summed E-state index contributed by atoms with van der Waals surface area (Å²) in [7, 11) is 0. The molecule has 21 heavy (non-hydrogen) atoms. The predicted octanol–water partition coefficient (Wildman–Crippen LogP) is 3.85. The number of Topliss-reactive ketones (excluding diaryl/α,β-unsaturated/α-hetero) is 1. The number of carbonyl (C=O) groups excluding carboxylic acids is 1. The molecule has 2 aromatic carbocycles. The van der Waals surface area contributed by atoms with Gasteiger partial charge in [-0.25, -0.2) is 0 Å². The fourth-order valence-electron chi connectivity index (χ4n) is 2.76. The van der Waals surface area contributed by atoms with Crippen LogP contribution in [0.5, 0.6) is 5.75 Å². The van der Waals surface area contributed by atoms with Gasteiger partial charge >= 0.3 is 0 Å². The Labute approximate surface area is 124 Å². The molecule has 1 aliphatic rings. The van der Waals surface area contributed by atoms with Gasteiger partial charge in [-0.2, -0.15) is 0 Å². The van der Waals surface area contributed by atoms with Crippen molar-refractivity contribution in [2.75, 3.05) is 5.73 Å². The van der Waals surface area contributed by atoms with Crippen molar-refractivity contribution in [1.82, 2.24) is 0 Å². The van der Waals surface area contributed by atoms with E-state index in [0.29, 0.717) is 23.4 Å². The Bertz CT molecular complexity index is 689. The number of fused-ring (bicyclic) bond motifs is 1. The lowest BCUT2D eigenvalue weighted by atomic mass is 9.94. The zero-order valence-electron chi connectivity index (χ0n) is 12.3. The Morgan fingerprint density at radius 2 is 1.95 bits per heavy atom. The Balaban J connectivity index is 1.95. The van der Waals surface area contributed by atoms with Crippen molar-refractivity contribution in [3.05, 3.63) is 58.7 Å². The molecule has 108 valence electrons. The summed E-state index contributed by atoms with van der Waals surface area (Å²) in [6.07, 6.45) is 1.11. The Hall–Kier alpha value is -2.29. The van der Waals surface area contributed by atoms with Crippen LogP contribution >= 0.6 is 0 Å². The normalized spacial score (nSPS) is 17.2. The lowest BCUT2D eigenvalue weighted by molar-refractivity contribution is 0.0851. The van der Waals surface area contributed by atoms with Gasteiger partial charge in [-0.1, -0.05) is 31.2 Å². The van der Waals surface area contributed by atoms with Crippen LogP contribution in [0.1, 0.15) is 46.5 Å². The minimum atomic E-state index is -0.249. The van der Waals surface area contributed by atoms with Gasteiger partial charge in [0, 0.05) is 0 Å². The number of ether oxygens (including phenoxy) is 1. The molecule has 2 aromatic rings. The molecule has 0 amide bonds. The number of hydrogen-bond acceptors (Lipinski definition) is 3. The number of aryl methyl sites for hydroxylation is 2. The monoisotopic (exact) mass is 281 g/mol. The third kappa shape index (κ3) is 2.51. The molecule has 0 saturated carbocycles. The van der Waals surface area contributed by atoms with E-state index in [-0.39, 0.29) is 11.9 Å². The number of rotatable bonds is 2. The molecule has 0 aromatic heterocycles. The van der Waals surface area contributed by atoms with Crippen molar-refractivity contribution >= 4 is 11.5 Å². The van der Waals surface area contributed by atoms with Crippen molar-refractivity contribution in [3.8, 4) is 5.75 Å². The van der Waals surface area contributed by atoms with Gasteiger partial charge in [0.1, 0.15) is 6.10 Å². The SMILES string of the molecule is CCc1ccc(C2CC(=O)c3cc(C)cc(N)c3O2)cc1. The van der Waals surface area contributed by atoms with Crippen LogP contribution in [-0.2, 0) is 6.42 Å². The van der Waals surface area contributed by atoms with Crippen LogP contribution in [0.25, 0.3) is 0 Å². The van der Waals surface area contributed by atoms with Crippen LogP contribution in [0, 0.1) is 6.92 Å². The minimum Gasteiger partial charge on any atom is -0.482 e. The Morgan fingerprint density at radius 1 is 1.24 bits per heavy atom. The average molecular weight is 281 g/mol. The molecular weight excluding hydrogens is 262 g/mol. The molecule has 0 spiro atoms. The van der Waals surface area contributed by atoms with E-state index < -0.39 is 0 Å². The molecule has 0 bridgehead atoms. The van der Waals surface area contributed by atoms with Crippen molar-refractivity contribution in [2.24, 2.45) is 0 Å². The van der Waals surface area contributed by atoms with Gasteiger partial charge in [0.25, 0.3) is 0 Å². The van der Waals surface area contributed by atoms with Crippen molar-refractivity contribution in [2.45, 2.75) is 32.8 Å². The first-order valence-corrected chi connectivity index (χ1v) is 7.27. The molecule has 0 aliphatic carbocycles. The topological polar surface area (TPSA) is 52.3 Å². The largest absolute Gasteiger partial charge is 0.482 e. The molecule has 0 saturated heterocycles. The Kier molecular flexibility index (Phi) is 3.42. The first kappa shape index (κ1) is 13.7. The van der Waals surface area contributed by atoms with Gasteiger partial charge in [0.15, 0.2) is 11.5 Å². The minimum absolute atomic E-state index is 0.0937. The fraction of sp³-hybridized carbons (Fsp3) is 0.278. The third-order valence-corrected chi connectivity index (χ3v) is 3.95. The highest BCUT2D eigenvalue weighted by molar-refractivity contribution is 6.01. The summed E-state index contributed by atoms with van der Waals surface area (Å²) >= 11 is 0. The maximum atomic E-state index is 12.4. The fourth-order valence-corrected chi connectivity index (χ4v) is 2.76. The molecule has 3 nitrogen and oxygen atoms in total. The highest BCUT2D eigenvalue weighted by Gasteiger charge is 2.29. The molecule has 3 rings (SSSR count).